The molecule has 0 amide bonds. The van der Waals surface area contributed by atoms with Crippen LogP contribution in [0.3, 0.4) is 0 Å². The van der Waals surface area contributed by atoms with Crippen LogP contribution < -0.4 is 5.63 Å². The van der Waals surface area contributed by atoms with Crippen molar-refractivity contribution in [1.29, 1.82) is 0 Å². The fourth-order valence-electron chi connectivity index (χ4n) is 5.12. The molecule has 0 unspecified atom stereocenters. The van der Waals surface area contributed by atoms with Crippen LogP contribution in [0.1, 0.15) is 0 Å². The van der Waals surface area contributed by atoms with Crippen LogP contribution in [0.2, 0.25) is 0 Å². The normalized spacial score (nSPS) is 11.6. The summed E-state index contributed by atoms with van der Waals surface area (Å²) in [5, 5.41) is 4.76. The first-order valence-electron chi connectivity index (χ1n) is 11.3. The van der Waals surface area contributed by atoms with Crippen molar-refractivity contribution in [2.45, 2.75) is 0 Å². The molecule has 5 aromatic carbocycles. The molecule has 3 nitrogen and oxygen atoms in total. The molecular formula is C31H19NO2. The van der Waals surface area contributed by atoms with Gasteiger partial charge in [-0.2, -0.15) is 0 Å². The standard InChI is InChI=1S/C31H19NO2/c33-31-26-12-5-4-11-24(26)29-28(34-31)19-18-25-23-10-6-7-13-27(23)32(30(25)29)22-16-14-21(15-17-22)20-8-2-1-3-9-20/h1-19H. The molecule has 0 aliphatic rings. The first-order chi connectivity index (χ1) is 16.8. The molecule has 160 valence electrons. The molecule has 2 aromatic heterocycles. The van der Waals surface area contributed by atoms with E-state index in [1.807, 2.05) is 36.4 Å². The van der Waals surface area contributed by atoms with E-state index in [0.29, 0.717) is 11.0 Å². The molecule has 3 heteroatoms. The molecule has 0 radical (unpaired) electrons. The zero-order valence-electron chi connectivity index (χ0n) is 18.2. The van der Waals surface area contributed by atoms with E-state index in [9.17, 15) is 4.79 Å². The van der Waals surface area contributed by atoms with Crippen LogP contribution in [-0.4, -0.2) is 4.57 Å². The number of hydrogen-bond donors (Lipinski definition) is 0. The summed E-state index contributed by atoms with van der Waals surface area (Å²) in [6.45, 7) is 0. The van der Waals surface area contributed by atoms with Crippen molar-refractivity contribution in [3.63, 3.8) is 0 Å². The Bertz CT molecular complexity index is 1910. The Morgan fingerprint density at radius 1 is 0.529 bits per heavy atom. The highest BCUT2D eigenvalue weighted by atomic mass is 16.4. The highest BCUT2D eigenvalue weighted by Gasteiger charge is 2.18. The largest absolute Gasteiger partial charge is 0.422 e. The monoisotopic (exact) mass is 437 g/mol. The third-order valence-electron chi connectivity index (χ3n) is 6.65. The summed E-state index contributed by atoms with van der Waals surface area (Å²) in [5.41, 5.74) is 5.88. The lowest BCUT2D eigenvalue weighted by Crippen LogP contribution is -2.01. The molecule has 0 saturated carbocycles. The van der Waals surface area contributed by atoms with E-state index in [4.69, 9.17) is 4.42 Å². The average Bonchev–Trinajstić information content (AvgIpc) is 3.24. The number of benzene rings is 5. The second-order valence-corrected chi connectivity index (χ2v) is 8.54. The lowest BCUT2D eigenvalue weighted by atomic mass is 10.0. The minimum atomic E-state index is -0.308. The van der Waals surface area contributed by atoms with E-state index < -0.39 is 0 Å². The van der Waals surface area contributed by atoms with Gasteiger partial charge in [-0.05, 0) is 47.5 Å². The summed E-state index contributed by atoms with van der Waals surface area (Å²) in [7, 11) is 0. The van der Waals surface area contributed by atoms with Crippen LogP contribution in [0.15, 0.2) is 124 Å². The van der Waals surface area contributed by atoms with E-state index in [2.05, 4.69) is 83.4 Å². The van der Waals surface area contributed by atoms with Crippen molar-refractivity contribution in [1.82, 2.24) is 4.57 Å². The third-order valence-corrected chi connectivity index (χ3v) is 6.65. The zero-order chi connectivity index (χ0) is 22.6. The maximum atomic E-state index is 12.7. The Kier molecular flexibility index (Phi) is 4.00. The second-order valence-electron chi connectivity index (χ2n) is 8.54. The Balaban J connectivity index is 1.62. The number of aromatic nitrogens is 1. The number of rotatable bonds is 2. The van der Waals surface area contributed by atoms with E-state index in [1.54, 1.807) is 0 Å². The van der Waals surface area contributed by atoms with Gasteiger partial charge in [0.15, 0.2) is 0 Å². The van der Waals surface area contributed by atoms with Gasteiger partial charge in [0.05, 0.1) is 21.8 Å². The highest BCUT2D eigenvalue weighted by molar-refractivity contribution is 6.24. The molecule has 7 rings (SSSR count). The molecule has 0 N–H and O–H groups in total. The molecule has 0 atom stereocenters. The molecule has 0 bridgehead atoms. The molecule has 0 aliphatic carbocycles. The fourth-order valence-corrected chi connectivity index (χ4v) is 5.12. The van der Waals surface area contributed by atoms with Gasteiger partial charge in [0.25, 0.3) is 0 Å². The van der Waals surface area contributed by atoms with Crippen molar-refractivity contribution in [3.05, 3.63) is 126 Å². The Hall–Kier alpha value is -4.63. The van der Waals surface area contributed by atoms with E-state index in [0.717, 1.165) is 32.9 Å². The molecule has 34 heavy (non-hydrogen) atoms. The summed E-state index contributed by atoms with van der Waals surface area (Å²) in [6.07, 6.45) is 0. The first-order valence-corrected chi connectivity index (χ1v) is 11.3. The Labute approximate surface area is 195 Å². The second kappa shape index (κ2) is 7.19. The smallest absolute Gasteiger partial charge is 0.344 e. The van der Waals surface area contributed by atoms with Crippen molar-refractivity contribution >= 4 is 43.5 Å². The summed E-state index contributed by atoms with van der Waals surface area (Å²) in [6, 6.07) is 39.1. The van der Waals surface area contributed by atoms with Gasteiger partial charge in [-0.25, -0.2) is 4.79 Å². The number of hydrogen-bond acceptors (Lipinski definition) is 2. The Morgan fingerprint density at radius 3 is 1.97 bits per heavy atom. The quantitative estimate of drug-likeness (QED) is 0.205. The predicted molar refractivity (Wildman–Crippen MR) is 140 cm³/mol. The van der Waals surface area contributed by atoms with Gasteiger partial charge in [-0.1, -0.05) is 78.9 Å². The summed E-state index contributed by atoms with van der Waals surface area (Å²) >= 11 is 0. The van der Waals surface area contributed by atoms with E-state index in [1.165, 1.54) is 16.5 Å². The minimum absolute atomic E-state index is 0.308. The van der Waals surface area contributed by atoms with E-state index >= 15 is 0 Å². The van der Waals surface area contributed by atoms with Crippen LogP contribution in [0.25, 0.3) is 60.4 Å². The maximum absolute atomic E-state index is 12.7. The Morgan fingerprint density at radius 2 is 1.18 bits per heavy atom. The summed E-state index contributed by atoms with van der Waals surface area (Å²) in [4.78, 5) is 12.7. The lowest BCUT2D eigenvalue weighted by molar-refractivity contribution is 0.570. The molecule has 7 aromatic rings. The van der Waals surface area contributed by atoms with Crippen LogP contribution in [0.4, 0.5) is 0 Å². The molecule has 0 saturated heterocycles. The van der Waals surface area contributed by atoms with Crippen molar-refractivity contribution in [2.24, 2.45) is 0 Å². The van der Waals surface area contributed by atoms with Gasteiger partial charge < -0.3 is 8.98 Å². The van der Waals surface area contributed by atoms with Crippen molar-refractivity contribution in [3.8, 4) is 16.8 Å². The lowest BCUT2D eigenvalue weighted by Gasteiger charge is -2.12. The van der Waals surface area contributed by atoms with Gasteiger partial charge in [0, 0.05) is 21.8 Å². The maximum Gasteiger partial charge on any atom is 0.344 e. The topological polar surface area (TPSA) is 35.1 Å². The number of fused-ring (bicyclic) bond motifs is 7. The van der Waals surface area contributed by atoms with Crippen LogP contribution in [0.5, 0.6) is 0 Å². The van der Waals surface area contributed by atoms with Crippen molar-refractivity contribution in [2.75, 3.05) is 0 Å². The molecular weight excluding hydrogens is 418 g/mol. The van der Waals surface area contributed by atoms with Crippen molar-refractivity contribution < 1.29 is 4.42 Å². The molecule has 0 fully saturated rings. The summed E-state index contributed by atoms with van der Waals surface area (Å²) in [5.74, 6) is 0. The average molecular weight is 437 g/mol. The minimum Gasteiger partial charge on any atom is -0.422 e. The SMILES string of the molecule is O=c1oc2ccc3c4ccccc4n(-c4ccc(-c5ccccc5)cc4)c3c2c2ccccc12. The predicted octanol–water partition coefficient (Wildman–Crippen LogP) is 7.71. The number of nitrogens with zero attached hydrogens (tertiary/aromatic N) is 1. The van der Waals surface area contributed by atoms with Gasteiger partial charge in [-0.15, -0.1) is 0 Å². The molecule has 2 heterocycles. The van der Waals surface area contributed by atoms with Crippen LogP contribution >= 0.6 is 0 Å². The van der Waals surface area contributed by atoms with Gasteiger partial charge in [-0.3, -0.25) is 0 Å². The zero-order valence-corrected chi connectivity index (χ0v) is 18.2. The molecule has 0 spiro atoms. The van der Waals surface area contributed by atoms with Gasteiger partial charge >= 0.3 is 5.63 Å². The fraction of sp³-hybridized carbons (Fsp3) is 0. The number of para-hydroxylation sites is 1. The van der Waals surface area contributed by atoms with E-state index in [-0.39, 0.29) is 5.63 Å². The molecule has 0 aliphatic heterocycles. The van der Waals surface area contributed by atoms with Gasteiger partial charge in [0.1, 0.15) is 5.58 Å². The van der Waals surface area contributed by atoms with Gasteiger partial charge in [0.2, 0.25) is 0 Å². The van der Waals surface area contributed by atoms with Crippen LogP contribution in [-0.2, 0) is 0 Å². The summed E-state index contributed by atoms with van der Waals surface area (Å²) < 4.78 is 8.06. The first kappa shape index (κ1) is 18.9. The van der Waals surface area contributed by atoms with Crippen LogP contribution in [0, 0.1) is 0 Å². The third kappa shape index (κ3) is 2.67. The highest BCUT2D eigenvalue weighted by Crippen LogP contribution is 2.38.